The van der Waals surface area contributed by atoms with Crippen LogP contribution >= 0.6 is 11.8 Å². The number of pyridine rings is 1. The van der Waals surface area contributed by atoms with Gasteiger partial charge in [0.1, 0.15) is 5.03 Å². The number of hydrogen-bond donors (Lipinski definition) is 1. The van der Waals surface area contributed by atoms with Gasteiger partial charge >= 0.3 is 0 Å². The summed E-state index contributed by atoms with van der Waals surface area (Å²) in [6, 6.07) is 18.5. The number of aromatic nitrogens is 1. The van der Waals surface area contributed by atoms with Crippen LogP contribution in [0.15, 0.2) is 64.5 Å². The van der Waals surface area contributed by atoms with Crippen LogP contribution in [0.5, 0.6) is 0 Å². The van der Waals surface area contributed by atoms with E-state index in [0.717, 1.165) is 32.8 Å². The maximum atomic E-state index is 13.2. The minimum Gasteiger partial charge on any atom is -0.349 e. The van der Waals surface area contributed by atoms with Crippen molar-refractivity contribution in [3.05, 3.63) is 65.7 Å². The number of fused-ring (bicyclic) bond motifs is 1. The summed E-state index contributed by atoms with van der Waals surface area (Å²) in [6.07, 6.45) is 4.72. The third-order valence-corrected chi connectivity index (χ3v) is 6.53. The van der Waals surface area contributed by atoms with Gasteiger partial charge in [-0.15, -0.1) is 0 Å². The van der Waals surface area contributed by atoms with E-state index in [1.165, 1.54) is 24.8 Å². The van der Waals surface area contributed by atoms with Crippen LogP contribution < -0.4 is 5.32 Å². The van der Waals surface area contributed by atoms with Crippen molar-refractivity contribution in [3.63, 3.8) is 0 Å². The molecule has 0 aliphatic heterocycles. The third kappa shape index (κ3) is 4.22. The largest absolute Gasteiger partial charge is 0.349 e. The van der Waals surface area contributed by atoms with E-state index in [1.807, 2.05) is 30.3 Å². The van der Waals surface area contributed by atoms with Gasteiger partial charge in [-0.25, -0.2) is 4.98 Å². The van der Waals surface area contributed by atoms with Crippen molar-refractivity contribution < 1.29 is 4.79 Å². The molecule has 3 aromatic rings. The SMILES string of the molecule is Cc1ccc(Sc2cc(C(=O)N[C@H]3CCCC[C@H]3C)c3ccccc3n2)cc1. The molecule has 0 unspecified atom stereocenters. The van der Waals surface area contributed by atoms with Crippen LogP contribution in [0, 0.1) is 12.8 Å². The second-order valence-electron chi connectivity index (χ2n) is 7.78. The molecule has 4 heteroatoms. The highest BCUT2D eigenvalue weighted by Crippen LogP contribution is 2.30. The molecule has 1 fully saturated rings. The molecule has 0 spiro atoms. The molecule has 3 nitrogen and oxygen atoms in total. The Kier molecular flexibility index (Phi) is 5.67. The number of hydrogen-bond acceptors (Lipinski definition) is 3. The van der Waals surface area contributed by atoms with Crippen LogP contribution in [-0.4, -0.2) is 16.9 Å². The van der Waals surface area contributed by atoms with Crippen LogP contribution in [0.2, 0.25) is 0 Å². The average molecular weight is 391 g/mol. The molecular formula is C24H26N2OS. The first kappa shape index (κ1) is 19.0. The van der Waals surface area contributed by atoms with Crippen molar-refractivity contribution in [2.45, 2.75) is 55.5 Å². The molecular weight excluding hydrogens is 364 g/mol. The maximum absolute atomic E-state index is 13.2. The second-order valence-corrected chi connectivity index (χ2v) is 8.88. The maximum Gasteiger partial charge on any atom is 0.252 e. The molecule has 28 heavy (non-hydrogen) atoms. The molecule has 1 heterocycles. The van der Waals surface area contributed by atoms with Crippen LogP contribution in [0.3, 0.4) is 0 Å². The van der Waals surface area contributed by atoms with E-state index in [0.29, 0.717) is 5.92 Å². The Morgan fingerprint density at radius 2 is 1.82 bits per heavy atom. The van der Waals surface area contributed by atoms with E-state index in [2.05, 4.69) is 43.4 Å². The number of amides is 1. The molecule has 0 radical (unpaired) electrons. The summed E-state index contributed by atoms with van der Waals surface area (Å²) in [7, 11) is 0. The van der Waals surface area contributed by atoms with Crippen LogP contribution in [0.1, 0.15) is 48.5 Å². The van der Waals surface area contributed by atoms with Gasteiger partial charge in [0.05, 0.1) is 11.1 Å². The minimum atomic E-state index is 0.0168. The average Bonchev–Trinajstić information content (AvgIpc) is 2.71. The zero-order valence-corrected chi connectivity index (χ0v) is 17.3. The topological polar surface area (TPSA) is 42.0 Å². The number of nitrogens with one attached hydrogen (secondary N) is 1. The van der Waals surface area contributed by atoms with E-state index in [1.54, 1.807) is 11.8 Å². The normalized spacial score (nSPS) is 19.5. The summed E-state index contributed by atoms with van der Waals surface area (Å²) in [5.74, 6) is 0.551. The van der Waals surface area contributed by atoms with E-state index in [-0.39, 0.29) is 11.9 Å². The van der Waals surface area contributed by atoms with Gasteiger partial charge in [0.25, 0.3) is 5.91 Å². The lowest BCUT2D eigenvalue weighted by molar-refractivity contribution is 0.0911. The smallest absolute Gasteiger partial charge is 0.252 e. The summed E-state index contributed by atoms with van der Waals surface area (Å²) in [4.78, 5) is 19.1. The quantitative estimate of drug-likeness (QED) is 0.594. The fraction of sp³-hybridized carbons (Fsp3) is 0.333. The Morgan fingerprint density at radius 1 is 1.07 bits per heavy atom. The Balaban J connectivity index is 1.65. The van der Waals surface area contributed by atoms with Gasteiger partial charge in [-0.2, -0.15) is 0 Å². The number of carbonyl (C=O) groups is 1. The highest BCUT2D eigenvalue weighted by Gasteiger charge is 2.24. The molecule has 1 aliphatic carbocycles. The Hall–Kier alpha value is -2.33. The summed E-state index contributed by atoms with van der Waals surface area (Å²) < 4.78 is 0. The zero-order chi connectivity index (χ0) is 19.5. The van der Waals surface area contributed by atoms with Gasteiger partial charge in [-0.05, 0) is 49.9 Å². The van der Waals surface area contributed by atoms with Crippen molar-refractivity contribution in [1.82, 2.24) is 10.3 Å². The number of rotatable bonds is 4. The van der Waals surface area contributed by atoms with Gasteiger partial charge in [0, 0.05) is 16.3 Å². The lowest BCUT2D eigenvalue weighted by Gasteiger charge is -2.29. The van der Waals surface area contributed by atoms with E-state index < -0.39 is 0 Å². The van der Waals surface area contributed by atoms with Crippen molar-refractivity contribution >= 4 is 28.6 Å². The van der Waals surface area contributed by atoms with Gasteiger partial charge in [0.2, 0.25) is 0 Å². The summed E-state index contributed by atoms with van der Waals surface area (Å²) in [5, 5.41) is 5.06. The fourth-order valence-corrected chi connectivity index (χ4v) is 4.73. The van der Waals surface area contributed by atoms with Crippen molar-refractivity contribution in [2.24, 2.45) is 5.92 Å². The number of nitrogens with zero attached hydrogens (tertiary/aromatic N) is 1. The van der Waals surface area contributed by atoms with Crippen LogP contribution in [0.4, 0.5) is 0 Å². The number of benzene rings is 2. The fourth-order valence-electron chi connectivity index (χ4n) is 3.90. The van der Waals surface area contributed by atoms with Gasteiger partial charge in [0.15, 0.2) is 0 Å². The molecule has 0 saturated heterocycles. The summed E-state index contributed by atoms with van der Waals surface area (Å²) >= 11 is 1.60. The third-order valence-electron chi connectivity index (χ3n) is 5.61. The number of carbonyl (C=O) groups excluding carboxylic acids is 1. The molecule has 2 atom stereocenters. The highest BCUT2D eigenvalue weighted by atomic mass is 32.2. The standard InChI is InChI=1S/C24H26N2OS/c1-16-11-13-18(14-12-16)28-23-15-20(19-8-4-6-10-22(19)25-23)24(27)26-21-9-5-3-7-17(21)2/h4,6,8,10-15,17,21H,3,5,7,9H2,1-2H3,(H,26,27)/t17-,21+/m1/s1. The number of aryl methyl sites for hydroxylation is 1. The predicted molar refractivity (Wildman–Crippen MR) is 116 cm³/mol. The Morgan fingerprint density at radius 3 is 2.61 bits per heavy atom. The van der Waals surface area contributed by atoms with Crippen LogP contribution in [-0.2, 0) is 0 Å². The molecule has 1 amide bonds. The van der Waals surface area contributed by atoms with E-state index in [9.17, 15) is 4.79 Å². The monoisotopic (exact) mass is 390 g/mol. The first-order chi connectivity index (χ1) is 13.6. The zero-order valence-electron chi connectivity index (χ0n) is 16.4. The molecule has 144 valence electrons. The summed E-state index contributed by atoms with van der Waals surface area (Å²) in [6.45, 7) is 4.32. The van der Waals surface area contributed by atoms with Crippen molar-refractivity contribution in [3.8, 4) is 0 Å². The first-order valence-electron chi connectivity index (χ1n) is 10.1. The van der Waals surface area contributed by atoms with Gasteiger partial charge in [-0.3, -0.25) is 4.79 Å². The van der Waals surface area contributed by atoms with Crippen molar-refractivity contribution in [1.29, 1.82) is 0 Å². The molecule has 1 aromatic heterocycles. The highest BCUT2D eigenvalue weighted by molar-refractivity contribution is 7.99. The molecule has 1 saturated carbocycles. The lowest BCUT2D eigenvalue weighted by atomic mass is 9.86. The van der Waals surface area contributed by atoms with Gasteiger partial charge in [-0.1, -0.05) is 67.4 Å². The second kappa shape index (κ2) is 8.36. The molecule has 1 aliphatic rings. The predicted octanol–water partition coefficient (Wildman–Crippen LogP) is 6.00. The van der Waals surface area contributed by atoms with Crippen molar-refractivity contribution in [2.75, 3.05) is 0 Å². The van der Waals surface area contributed by atoms with E-state index >= 15 is 0 Å². The lowest BCUT2D eigenvalue weighted by Crippen LogP contribution is -2.41. The summed E-state index contributed by atoms with van der Waals surface area (Å²) in [5.41, 5.74) is 2.82. The van der Waals surface area contributed by atoms with Gasteiger partial charge < -0.3 is 5.32 Å². The Labute approximate surface area is 171 Å². The molecule has 1 N–H and O–H groups in total. The number of para-hydroxylation sites is 1. The Bertz CT molecular complexity index is 984. The minimum absolute atomic E-state index is 0.0168. The molecule has 0 bridgehead atoms. The van der Waals surface area contributed by atoms with Crippen LogP contribution in [0.25, 0.3) is 10.9 Å². The molecule has 2 aromatic carbocycles. The first-order valence-corrected chi connectivity index (χ1v) is 10.9. The molecule has 4 rings (SSSR count). The van der Waals surface area contributed by atoms with E-state index in [4.69, 9.17) is 4.98 Å².